The van der Waals surface area contributed by atoms with Crippen molar-refractivity contribution in [3.8, 4) is 5.75 Å². The van der Waals surface area contributed by atoms with E-state index in [0.29, 0.717) is 18.8 Å². The van der Waals surface area contributed by atoms with Crippen molar-refractivity contribution in [2.75, 3.05) is 32.6 Å². The van der Waals surface area contributed by atoms with Crippen molar-refractivity contribution in [1.29, 1.82) is 0 Å². The number of hydrogen-bond donors (Lipinski definition) is 2. The first kappa shape index (κ1) is 19.0. The lowest BCUT2D eigenvalue weighted by Gasteiger charge is -2.09. The quantitative estimate of drug-likeness (QED) is 0.450. The minimum Gasteiger partial charge on any atom is -0.497 e. The number of likely N-dealkylation sites (N-methyl/N-ethyl adjacent to an activating group) is 1. The van der Waals surface area contributed by atoms with Crippen molar-refractivity contribution in [3.63, 3.8) is 0 Å². The summed E-state index contributed by atoms with van der Waals surface area (Å²) in [5.41, 5.74) is 0.991. The maximum Gasteiger partial charge on any atom is 0.246 e. The Bertz CT molecular complexity index is 816. The molecule has 25 heavy (non-hydrogen) atoms. The number of amidine groups is 1. The second-order valence-corrected chi connectivity index (χ2v) is 7.34. The molecule has 2 aromatic carbocycles. The Morgan fingerprint density at radius 3 is 2.32 bits per heavy atom. The summed E-state index contributed by atoms with van der Waals surface area (Å²) in [5.74, 6) is 1.56. The van der Waals surface area contributed by atoms with E-state index in [-0.39, 0.29) is 4.90 Å². The van der Waals surface area contributed by atoms with Gasteiger partial charge in [0.2, 0.25) is 15.9 Å². The molecule has 0 amide bonds. The molecule has 0 saturated heterocycles. The van der Waals surface area contributed by atoms with Crippen molar-refractivity contribution >= 4 is 21.5 Å². The van der Waals surface area contributed by atoms with Crippen LogP contribution in [0.15, 0.2) is 59.5 Å². The largest absolute Gasteiger partial charge is 0.497 e. The van der Waals surface area contributed by atoms with Gasteiger partial charge in [0, 0.05) is 13.5 Å². The topological polar surface area (TPSA) is 70.4 Å². The van der Waals surface area contributed by atoms with Gasteiger partial charge >= 0.3 is 0 Å². The molecule has 0 saturated carbocycles. The number of sulfonamides is 1. The summed E-state index contributed by atoms with van der Waals surface area (Å²) in [6.45, 7) is 2.80. The molecule has 2 aromatic rings. The molecule has 7 heteroatoms. The smallest absolute Gasteiger partial charge is 0.246 e. The number of benzene rings is 2. The lowest BCUT2D eigenvalue weighted by atomic mass is 10.3. The normalized spacial score (nSPS) is 12.4. The third-order valence-corrected chi connectivity index (χ3v) is 5.26. The lowest BCUT2D eigenvalue weighted by Crippen LogP contribution is -2.32. The van der Waals surface area contributed by atoms with Crippen LogP contribution in [0.25, 0.3) is 0 Å². The molecule has 0 unspecified atom stereocenters. The van der Waals surface area contributed by atoms with Crippen molar-refractivity contribution in [2.45, 2.75) is 11.8 Å². The number of ether oxygens (including phenoxy) is 1. The zero-order valence-electron chi connectivity index (χ0n) is 14.7. The summed E-state index contributed by atoms with van der Waals surface area (Å²) in [5, 5.41) is 3.29. The van der Waals surface area contributed by atoms with Gasteiger partial charge in [-0.3, -0.25) is 4.58 Å². The maximum atomic E-state index is 12.3. The van der Waals surface area contributed by atoms with Crippen LogP contribution in [0.2, 0.25) is 0 Å². The lowest BCUT2D eigenvalue weighted by molar-refractivity contribution is -0.495. The first-order chi connectivity index (χ1) is 11.9. The number of methoxy groups -OCH3 is 1. The van der Waals surface area contributed by atoms with Crippen LogP contribution in [0, 0.1) is 0 Å². The van der Waals surface area contributed by atoms with Crippen molar-refractivity contribution < 1.29 is 17.7 Å². The number of para-hydroxylation sites is 1. The molecule has 0 atom stereocenters. The summed E-state index contributed by atoms with van der Waals surface area (Å²) in [6, 6.07) is 16.1. The Labute approximate surface area is 149 Å². The van der Waals surface area contributed by atoms with E-state index in [9.17, 15) is 8.42 Å². The zero-order valence-corrected chi connectivity index (χ0v) is 15.5. The van der Waals surface area contributed by atoms with Crippen LogP contribution in [0.3, 0.4) is 0 Å². The number of nitrogens with one attached hydrogen (secondary N) is 2. The van der Waals surface area contributed by atoms with Crippen molar-refractivity contribution in [1.82, 2.24) is 4.72 Å². The highest BCUT2D eigenvalue weighted by Gasteiger charge is 2.14. The van der Waals surface area contributed by atoms with Gasteiger partial charge in [-0.15, -0.1) is 0 Å². The Balaban J connectivity index is 1.92. The molecule has 0 spiro atoms. The molecule has 0 heterocycles. The van der Waals surface area contributed by atoms with Gasteiger partial charge in [0.1, 0.15) is 11.4 Å². The van der Waals surface area contributed by atoms with E-state index in [2.05, 4.69) is 10.0 Å². The molecular formula is C18H24N3O3S+. The van der Waals surface area contributed by atoms with Crippen LogP contribution in [-0.2, 0) is 10.0 Å². The minimum absolute atomic E-state index is 0.221. The number of anilines is 1. The van der Waals surface area contributed by atoms with Crippen molar-refractivity contribution in [3.05, 3.63) is 54.6 Å². The van der Waals surface area contributed by atoms with Gasteiger partial charge in [-0.2, -0.15) is 0 Å². The van der Waals surface area contributed by atoms with Gasteiger partial charge in [-0.1, -0.05) is 18.2 Å². The molecule has 6 nitrogen and oxygen atoms in total. The van der Waals surface area contributed by atoms with E-state index in [0.717, 1.165) is 11.5 Å². The van der Waals surface area contributed by atoms with Gasteiger partial charge in [-0.05, 0) is 36.4 Å². The number of rotatable bonds is 7. The monoisotopic (exact) mass is 362 g/mol. The Hall–Kier alpha value is -2.38. The summed E-state index contributed by atoms with van der Waals surface area (Å²) < 4.78 is 34.2. The summed E-state index contributed by atoms with van der Waals surface area (Å²) in [7, 11) is -0.0762. The van der Waals surface area contributed by atoms with Crippen molar-refractivity contribution in [2.24, 2.45) is 0 Å². The predicted molar refractivity (Wildman–Crippen MR) is 100.0 cm³/mol. The molecule has 2 N–H and O–H groups in total. The van der Waals surface area contributed by atoms with E-state index in [1.165, 1.54) is 12.1 Å². The van der Waals surface area contributed by atoms with E-state index in [1.807, 2.05) is 48.9 Å². The first-order valence-electron chi connectivity index (χ1n) is 7.93. The zero-order chi connectivity index (χ0) is 18.3. The first-order valence-corrected chi connectivity index (χ1v) is 9.41. The third kappa shape index (κ3) is 5.58. The van der Waals surface area contributed by atoms with E-state index in [1.54, 1.807) is 19.2 Å². The van der Waals surface area contributed by atoms with Crippen LogP contribution in [0.5, 0.6) is 5.75 Å². The standard InChI is InChI=1S/C18H23N3O3S/c1-15(20-16-7-5-4-6-8-16)21(2)14-13-19-25(22,23)18-11-9-17(24-3)10-12-18/h4-12,19H,13-14H2,1-3H3/p+1. The third-order valence-electron chi connectivity index (χ3n) is 3.78. The fourth-order valence-electron chi connectivity index (χ4n) is 2.18. The molecule has 134 valence electrons. The van der Waals surface area contributed by atoms with Crippen LogP contribution in [0.4, 0.5) is 5.69 Å². The van der Waals surface area contributed by atoms with Gasteiger partial charge in [-0.25, -0.2) is 18.5 Å². The average molecular weight is 362 g/mol. The Morgan fingerprint density at radius 2 is 1.72 bits per heavy atom. The van der Waals surface area contributed by atoms with Gasteiger partial charge in [0.25, 0.3) is 0 Å². The molecule has 0 radical (unpaired) electrons. The number of nitrogens with zero attached hydrogens (tertiary/aromatic N) is 1. The van der Waals surface area contributed by atoms with E-state index in [4.69, 9.17) is 4.74 Å². The number of hydrogen-bond acceptors (Lipinski definition) is 3. The Kier molecular flexibility index (Phi) is 6.55. The second-order valence-electron chi connectivity index (χ2n) is 5.57. The van der Waals surface area contributed by atoms with Gasteiger partial charge < -0.3 is 4.74 Å². The maximum absolute atomic E-state index is 12.3. The van der Waals surface area contributed by atoms with Gasteiger partial charge in [0.05, 0.1) is 25.6 Å². The molecule has 0 aliphatic heterocycles. The highest BCUT2D eigenvalue weighted by atomic mass is 32.2. The second kappa shape index (κ2) is 8.64. The molecular weight excluding hydrogens is 338 g/mol. The summed E-state index contributed by atoms with van der Waals surface area (Å²) >= 11 is 0. The highest BCUT2D eigenvalue weighted by molar-refractivity contribution is 7.89. The molecule has 0 fully saturated rings. The molecule has 2 rings (SSSR count). The molecule has 0 aromatic heterocycles. The summed E-state index contributed by atoms with van der Waals surface area (Å²) in [4.78, 5) is 0.221. The molecule has 0 aliphatic rings. The minimum atomic E-state index is -3.53. The average Bonchev–Trinajstić information content (AvgIpc) is 2.62. The van der Waals surface area contributed by atoms with Crippen LogP contribution in [-0.4, -0.2) is 46.1 Å². The van der Waals surface area contributed by atoms with Crippen LogP contribution < -0.4 is 14.8 Å². The van der Waals surface area contributed by atoms with Crippen LogP contribution >= 0.6 is 0 Å². The van der Waals surface area contributed by atoms with Gasteiger partial charge in [0.15, 0.2) is 0 Å². The predicted octanol–water partition coefficient (Wildman–Crippen LogP) is 2.15. The SMILES string of the molecule is COc1ccc(S(=O)(=O)NCC[N+](C)=C(C)Nc2ccccc2)cc1. The van der Waals surface area contributed by atoms with E-state index >= 15 is 0 Å². The molecule has 0 bridgehead atoms. The Morgan fingerprint density at radius 1 is 1.08 bits per heavy atom. The fraction of sp³-hybridized carbons (Fsp3) is 0.278. The van der Waals surface area contributed by atoms with Crippen LogP contribution in [0.1, 0.15) is 6.92 Å². The highest BCUT2D eigenvalue weighted by Crippen LogP contribution is 2.15. The summed E-state index contributed by atoms with van der Waals surface area (Å²) in [6.07, 6.45) is 0. The fourth-order valence-corrected chi connectivity index (χ4v) is 3.20. The molecule has 0 aliphatic carbocycles. The van der Waals surface area contributed by atoms with E-state index < -0.39 is 10.0 Å².